The minimum Gasteiger partial charge on any atom is -0.507 e. The fraction of sp³-hybridized carbons (Fsp3) is 0.231. The molecule has 6 nitrogen and oxygen atoms in total. The first-order valence-electron chi connectivity index (χ1n) is 5.40. The van der Waals surface area contributed by atoms with Crippen molar-refractivity contribution in [3.8, 4) is 11.5 Å². The van der Waals surface area contributed by atoms with Crippen LogP contribution in [0.4, 0.5) is 0 Å². The van der Waals surface area contributed by atoms with Gasteiger partial charge in [0.05, 0.1) is 5.56 Å². The largest absolute Gasteiger partial charge is 0.507 e. The molecule has 6 heteroatoms. The summed E-state index contributed by atoms with van der Waals surface area (Å²) < 4.78 is 4.94. The predicted octanol–water partition coefficient (Wildman–Crippen LogP) is 1.98. The number of hydrogen-bond donors (Lipinski definition) is 3. The smallest absolute Gasteiger partial charge is 0.339 e. The first-order valence-corrected chi connectivity index (χ1v) is 5.40. The number of carbonyl (C=O) groups is 2. The molecular weight excluding hydrogens is 252 g/mol. The Morgan fingerprint density at radius 1 is 1.32 bits per heavy atom. The normalized spacial score (nSPS) is 11.7. The Balaban J connectivity index is 3.19. The van der Waals surface area contributed by atoms with Gasteiger partial charge in [0.1, 0.15) is 23.2 Å². The third-order valence-corrected chi connectivity index (χ3v) is 2.46. The number of hydrogen-bond acceptors (Lipinski definition) is 5. The van der Waals surface area contributed by atoms with Gasteiger partial charge in [0, 0.05) is 5.57 Å². The minimum absolute atomic E-state index is 0.153. The standard InChI is InChI=1S/C13H14O6/c1-6(2)13(18)19-7(3)10-9(14)5-4-8(11(10)15)12(16)17/h4-5,7,14-15H,1H2,2-3H3,(H,16,17). The average molecular weight is 266 g/mol. The van der Waals surface area contributed by atoms with Crippen molar-refractivity contribution < 1.29 is 29.6 Å². The van der Waals surface area contributed by atoms with Crippen LogP contribution in [0.1, 0.15) is 35.9 Å². The van der Waals surface area contributed by atoms with E-state index >= 15 is 0 Å². The van der Waals surface area contributed by atoms with Crippen LogP contribution in [0, 0.1) is 0 Å². The summed E-state index contributed by atoms with van der Waals surface area (Å²) in [5.41, 5.74) is -0.388. The van der Waals surface area contributed by atoms with Gasteiger partial charge in [0.2, 0.25) is 0 Å². The van der Waals surface area contributed by atoms with Gasteiger partial charge < -0.3 is 20.1 Å². The van der Waals surface area contributed by atoms with Crippen LogP contribution in [0.2, 0.25) is 0 Å². The number of carboxylic acids is 1. The van der Waals surface area contributed by atoms with E-state index in [2.05, 4.69) is 6.58 Å². The number of esters is 1. The molecule has 1 atom stereocenters. The second kappa shape index (κ2) is 5.43. The zero-order valence-electron chi connectivity index (χ0n) is 10.5. The van der Waals surface area contributed by atoms with E-state index < -0.39 is 23.8 Å². The molecule has 0 radical (unpaired) electrons. The average Bonchev–Trinajstić information content (AvgIpc) is 2.27. The quantitative estimate of drug-likeness (QED) is 0.568. The van der Waals surface area contributed by atoms with Crippen LogP contribution in [0.15, 0.2) is 24.3 Å². The number of aromatic hydroxyl groups is 2. The molecule has 3 N–H and O–H groups in total. The topological polar surface area (TPSA) is 104 Å². The third-order valence-electron chi connectivity index (χ3n) is 2.46. The molecule has 0 spiro atoms. The zero-order chi connectivity index (χ0) is 14.7. The van der Waals surface area contributed by atoms with E-state index in [-0.39, 0.29) is 22.4 Å². The highest BCUT2D eigenvalue weighted by atomic mass is 16.5. The summed E-state index contributed by atoms with van der Waals surface area (Å²) in [5.74, 6) is -3.04. The van der Waals surface area contributed by atoms with E-state index in [0.717, 1.165) is 12.1 Å². The summed E-state index contributed by atoms with van der Waals surface area (Å²) in [6, 6.07) is 2.17. The SMILES string of the molecule is C=C(C)C(=O)OC(C)c1c(O)ccc(C(=O)O)c1O. The van der Waals surface area contributed by atoms with Gasteiger partial charge in [-0.1, -0.05) is 6.58 Å². The van der Waals surface area contributed by atoms with Crippen LogP contribution in [0.5, 0.6) is 11.5 Å². The fourth-order valence-electron chi connectivity index (χ4n) is 1.49. The van der Waals surface area contributed by atoms with Gasteiger partial charge in [0.15, 0.2) is 0 Å². The lowest BCUT2D eigenvalue weighted by atomic mass is 10.0. The van der Waals surface area contributed by atoms with Gasteiger partial charge in [-0.2, -0.15) is 0 Å². The summed E-state index contributed by atoms with van der Waals surface area (Å²) in [7, 11) is 0. The molecule has 1 aromatic rings. The number of carboxylic acid groups (broad SMARTS) is 1. The van der Waals surface area contributed by atoms with Crippen LogP contribution in [-0.4, -0.2) is 27.3 Å². The lowest BCUT2D eigenvalue weighted by Crippen LogP contribution is -2.10. The lowest BCUT2D eigenvalue weighted by molar-refractivity contribution is -0.143. The number of rotatable bonds is 4. The van der Waals surface area contributed by atoms with Gasteiger partial charge in [-0.15, -0.1) is 0 Å². The molecule has 0 aliphatic carbocycles. The van der Waals surface area contributed by atoms with Crippen molar-refractivity contribution in [1.82, 2.24) is 0 Å². The number of benzene rings is 1. The summed E-state index contributed by atoms with van der Waals surface area (Å²) in [4.78, 5) is 22.2. The number of phenolic OH excluding ortho intramolecular Hbond substituents is 1. The van der Waals surface area contributed by atoms with Crippen molar-refractivity contribution in [2.24, 2.45) is 0 Å². The van der Waals surface area contributed by atoms with Crippen LogP contribution >= 0.6 is 0 Å². The molecule has 0 aliphatic heterocycles. The lowest BCUT2D eigenvalue weighted by Gasteiger charge is -2.17. The Kier molecular flexibility index (Phi) is 4.16. The molecular formula is C13H14O6. The van der Waals surface area contributed by atoms with Crippen molar-refractivity contribution in [1.29, 1.82) is 0 Å². The molecule has 0 heterocycles. The molecule has 0 aliphatic rings. The Bertz CT molecular complexity index is 546. The Morgan fingerprint density at radius 3 is 2.37 bits per heavy atom. The third kappa shape index (κ3) is 3.04. The molecule has 0 bridgehead atoms. The van der Waals surface area contributed by atoms with Crippen molar-refractivity contribution in [3.63, 3.8) is 0 Å². The maximum absolute atomic E-state index is 11.4. The first kappa shape index (κ1) is 14.6. The van der Waals surface area contributed by atoms with E-state index in [9.17, 15) is 19.8 Å². The molecule has 1 aromatic carbocycles. The van der Waals surface area contributed by atoms with E-state index in [1.165, 1.54) is 13.8 Å². The molecule has 0 fully saturated rings. The highest BCUT2D eigenvalue weighted by molar-refractivity contribution is 5.92. The second-order valence-electron chi connectivity index (χ2n) is 4.03. The number of aromatic carboxylic acids is 1. The molecule has 0 amide bonds. The summed E-state index contributed by atoms with van der Waals surface area (Å²) in [5, 5.41) is 28.3. The predicted molar refractivity (Wildman–Crippen MR) is 66.1 cm³/mol. The summed E-state index contributed by atoms with van der Waals surface area (Å²) >= 11 is 0. The molecule has 1 unspecified atom stereocenters. The Morgan fingerprint density at radius 2 is 1.89 bits per heavy atom. The van der Waals surface area contributed by atoms with E-state index in [0.29, 0.717) is 0 Å². The van der Waals surface area contributed by atoms with Crippen LogP contribution in [0.25, 0.3) is 0 Å². The molecule has 0 saturated carbocycles. The van der Waals surface area contributed by atoms with Crippen molar-refractivity contribution in [2.75, 3.05) is 0 Å². The number of carbonyl (C=O) groups excluding carboxylic acids is 1. The van der Waals surface area contributed by atoms with Gasteiger partial charge in [-0.25, -0.2) is 9.59 Å². The van der Waals surface area contributed by atoms with Crippen LogP contribution < -0.4 is 0 Å². The molecule has 0 saturated heterocycles. The molecule has 0 aromatic heterocycles. The van der Waals surface area contributed by atoms with Crippen molar-refractivity contribution >= 4 is 11.9 Å². The number of ether oxygens (including phenoxy) is 1. The first-order chi connectivity index (χ1) is 8.75. The second-order valence-corrected chi connectivity index (χ2v) is 4.03. The number of phenols is 2. The van der Waals surface area contributed by atoms with E-state index in [1.807, 2.05) is 0 Å². The fourth-order valence-corrected chi connectivity index (χ4v) is 1.49. The minimum atomic E-state index is -1.35. The maximum atomic E-state index is 11.4. The van der Waals surface area contributed by atoms with Gasteiger partial charge in [0.25, 0.3) is 0 Å². The van der Waals surface area contributed by atoms with E-state index in [1.54, 1.807) is 0 Å². The van der Waals surface area contributed by atoms with E-state index in [4.69, 9.17) is 9.84 Å². The maximum Gasteiger partial charge on any atom is 0.339 e. The van der Waals surface area contributed by atoms with Gasteiger partial charge in [-0.3, -0.25) is 0 Å². The molecule has 102 valence electrons. The summed E-state index contributed by atoms with van der Waals surface area (Å²) in [6.45, 7) is 6.25. The van der Waals surface area contributed by atoms with Gasteiger partial charge >= 0.3 is 11.9 Å². The van der Waals surface area contributed by atoms with Crippen molar-refractivity contribution in [3.05, 3.63) is 35.4 Å². The summed E-state index contributed by atoms with van der Waals surface area (Å²) in [6.07, 6.45) is -1.01. The Labute approximate surface area is 109 Å². The zero-order valence-corrected chi connectivity index (χ0v) is 10.5. The highest BCUT2D eigenvalue weighted by Gasteiger charge is 2.24. The highest BCUT2D eigenvalue weighted by Crippen LogP contribution is 2.37. The van der Waals surface area contributed by atoms with Gasteiger partial charge in [-0.05, 0) is 26.0 Å². The van der Waals surface area contributed by atoms with Crippen LogP contribution in [-0.2, 0) is 9.53 Å². The molecule has 19 heavy (non-hydrogen) atoms. The van der Waals surface area contributed by atoms with Crippen LogP contribution in [0.3, 0.4) is 0 Å². The van der Waals surface area contributed by atoms with Crippen molar-refractivity contribution in [2.45, 2.75) is 20.0 Å². The monoisotopic (exact) mass is 266 g/mol. The Hall–Kier alpha value is -2.50. The molecule has 1 rings (SSSR count).